The van der Waals surface area contributed by atoms with Gasteiger partial charge in [-0.15, -0.1) is 0 Å². The fourth-order valence-corrected chi connectivity index (χ4v) is 2.02. The molecule has 1 amide bonds. The third-order valence-corrected chi connectivity index (χ3v) is 3.11. The second-order valence-electron chi connectivity index (χ2n) is 4.56. The molecule has 0 spiro atoms. The van der Waals surface area contributed by atoms with E-state index >= 15 is 0 Å². The van der Waals surface area contributed by atoms with E-state index in [0.717, 1.165) is 11.0 Å². The largest absolute Gasteiger partial charge is 0.508 e. The first-order chi connectivity index (χ1) is 9.63. The van der Waals surface area contributed by atoms with E-state index in [1.54, 1.807) is 30.6 Å². The summed E-state index contributed by atoms with van der Waals surface area (Å²) >= 11 is 0. The normalized spacial score (nSPS) is 10.7. The third-order valence-electron chi connectivity index (χ3n) is 3.11. The molecule has 0 aliphatic heterocycles. The van der Waals surface area contributed by atoms with Crippen LogP contribution in [0.25, 0.3) is 11.0 Å². The molecule has 0 aliphatic carbocycles. The summed E-state index contributed by atoms with van der Waals surface area (Å²) in [4.78, 5) is 16.4. The van der Waals surface area contributed by atoms with E-state index in [-0.39, 0.29) is 11.7 Å². The summed E-state index contributed by atoms with van der Waals surface area (Å²) in [6.07, 6.45) is 1.71. The summed E-state index contributed by atoms with van der Waals surface area (Å²) in [5, 5.41) is 12.0. The van der Waals surface area contributed by atoms with Crippen molar-refractivity contribution in [3.05, 3.63) is 54.4 Å². The van der Waals surface area contributed by atoms with Crippen LogP contribution in [-0.2, 0) is 7.05 Å². The third kappa shape index (κ3) is 2.21. The number of hydrogen-bond acceptors (Lipinski definition) is 3. The highest BCUT2D eigenvalue weighted by Crippen LogP contribution is 2.17. The number of carbonyl (C=O) groups excluding carboxylic acids is 1. The first kappa shape index (κ1) is 12.2. The van der Waals surface area contributed by atoms with Crippen molar-refractivity contribution >= 4 is 22.6 Å². The molecular formula is C15H13N3O2. The van der Waals surface area contributed by atoms with Crippen molar-refractivity contribution in [2.45, 2.75) is 0 Å². The van der Waals surface area contributed by atoms with Gasteiger partial charge in [0, 0.05) is 18.3 Å². The van der Waals surface area contributed by atoms with E-state index < -0.39 is 0 Å². The van der Waals surface area contributed by atoms with Crippen molar-refractivity contribution in [3.8, 4) is 5.75 Å². The predicted octanol–water partition coefficient (Wildman–Crippen LogP) is 2.53. The molecule has 1 heterocycles. The number of amides is 1. The number of aryl methyl sites for hydroxylation is 1. The zero-order chi connectivity index (χ0) is 14.1. The monoisotopic (exact) mass is 267 g/mol. The lowest BCUT2D eigenvalue weighted by Crippen LogP contribution is -2.11. The molecule has 0 aliphatic rings. The lowest BCUT2D eigenvalue weighted by atomic mass is 10.2. The molecule has 0 unspecified atom stereocenters. The van der Waals surface area contributed by atoms with Gasteiger partial charge in [-0.3, -0.25) is 4.79 Å². The Bertz CT molecular complexity index is 775. The van der Waals surface area contributed by atoms with Crippen LogP contribution in [-0.4, -0.2) is 20.6 Å². The van der Waals surface area contributed by atoms with E-state index in [2.05, 4.69) is 10.3 Å². The highest BCUT2D eigenvalue weighted by Gasteiger charge is 2.08. The Morgan fingerprint density at radius 2 is 1.95 bits per heavy atom. The van der Waals surface area contributed by atoms with Gasteiger partial charge >= 0.3 is 0 Å². The maximum atomic E-state index is 12.2. The van der Waals surface area contributed by atoms with Gasteiger partial charge in [-0.2, -0.15) is 0 Å². The molecule has 5 heteroatoms. The molecule has 20 heavy (non-hydrogen) atoms. The molecule has 0 atom stereocenters. The van der Waals surface area contributed by atoms with Crippen LogP contribution in [0.5, 0.6) is 5.75 Å². The van der Waals surface area contributed by atoms with Crippen molar-refractivity contribution in [3.63, 3.8) is 0 Å². The van der Waals surface area contributed by atoms with Crippen LogP contribution in [0.1, 0.15) is 10.4 Å². The van der Waals surface area contributed by atoms with E-state index in [0.29, 0.717) is 11.3 Å². The lowest BCUT2D eigenvalue weighted by Gasteiger charge is -2.06. The summed E-state index contributed by atoms with van der Waals surface area (Å²) in [5.74, 6) is -0.0295. The topological polar surface area (TPSA) is 67.2 Å². The summed E-state index contributed by atoms with van der Waals surface area (Å²) in [6, 6.07) is 11.7. The summed E-state index contributed by atoms with van der Waals surface area (Å²) in [5.41, 5.74) is 2.96. The molecule has 2 aromatic carbocycles. The van der Waals surface area contributed by atoms with Crippen LogP contribution in [0.3, 0.4) is 0 Å². The van der Waals surface area contributed by atoms with Gasteiger partial charge in [0.25, 0.3) is 5.91 Å². The number of benzene rings is 2. The number of imidazole rings is 1. The zero-order valence-corrected chi connectivity index (χ0v) is 10.9. The fourth-order valence-electron chi connectivity index (χ4n) is 2.02. The van der Waals surface area contributed by atoms with Gasteiger partial charge in [-0.25, -0.2) is 4.98 Å². The number of hydrogen-bond donors (Lipinski definition) is 2. The van der Waals surface area contributed by atoms with Gasteiger partial charge in [0.2, 0.25) is 0 Å². The smallest absolute Gasteiger partial charge is 0.255 e. The Labute approximate surface area is 115 Å². The molecule has 0 fully saturated rings. The van der Waals surface area contributed by atoms with Crippen LogP contribution < -0.4 is 5.32 Å². The number of nitrogens with one attached hydrogen (secondary N) is 1. The minimum absolute atomic E-state index is 0.166. The molecular weight excluding hydrogens is 254 g/mol. The molecule has 1 aromatic heterocycles. The Balaban J connectivity index is 1.88. The number of anilines is 1. The van der Waals surface area contributed by atoms with Crippen molar-refractivity contribution in [2.75, 3.05) is 5.32 Å². The summed E-state index contributed by atoms with van der Waals surface area (Å²) < 4.78 is 1.87. The highest BCUT2D eigenvalue weighted by atomic mass is 16.3. The molecule has 0 radical (unpaired) electrons. The van der Waals surface area contributed by atoms with E-state index in [1.807, 2.05) is 17.7 Å². The molecule has 100 valence electrons. The zero-order valence-electron chi connectivity index (χ0n) is 10.9. The maximum Gasteiger partial charge on any atom is 0.255 e. The molecule has 0 saturated carbocycles. The van der Waals surface area contributed by atoms with Gasteiger partial charge in [-0.05, 0) is 42.5 Å². The number of fused-ring (bicyclic) bond motifs is 1. The van der Waals surface area contributed by atoms with Crippen molar-refractivity contribution < 1.29 is 9.90 Å². The van der Waals surface area contributed by atoms with Gasteiger partial charge in [-0.1, -0.05) is 0 Å². The van der Waals surface area contributed by atoms with Gasteiger partial charge in [0.05, 0.1) is 17.4 Å². The quantitative estimate of drug-likeness (QED) is 0.701. The highest BCUT2D eigenvalue weighted by molar-refractivity contribution is 6.05. The van der Waals surface area contributed by atoms with Crippen LogP contribution in [0, 0.1) is 0 Å². The first-order valence-electron chi connectivity index (χ1n) is 6.15. The number of aromatic nitrogens is 2. The van der Waals surface area contributed by atoms with Crippen LogP contribution >= 0.6 is 0 Å². The first-order valence-corrected chi connectivity index (χ1v) is 6.15. The average Bonchev–Trinajstić information content (AvgIpc) is 2.82. The van der Waals surface area contributed by atoms with Crippen LogP contribution in [0.4, 0.5) is 5.69 Å². The standard InChI is InChI=1S/C15H13N3O2/c1-18-9-16-13-7-2-10(8-14(13)18)15(20)17-11-3-5-12(19)6-4-11/h2-9,19H,1H3,(H,17,20). The fraction of sp³-hybridized carbons (Fsp3) is 0.0667. The second-order valence-corrected chi connectivity index (χ2v) is 4.56. The Morgan fingerprint density at radius 3 is 2.70 bits per heavy atom. The predicted molar refractivity (Wildman–Crippen MR) is 76.8 cm³/mol. The van der Waals surface area contributed by atoms with E-state index in [1.165, 1.54) is 12.1 Å². The number of carbonyl (C=O) groups is 1. The van der Waals surface area contributed by atoms with Crippen molar-refractivity contribution in [1.29, 1.82) is 0 Å². The SMILES string of the molecule is Cn1cnc2ccc(C(=O)Nc3ccc(O)cc3)cc21. The van der Waals surface area contributed by atoms with Gasteiger partial charge in [0.1, 0.15) is 5.75 Å². The molecule has 0 saturated heterocycles. The Morgan fingerprint density at radius 1 is 1.20 bits per heavy atom. The maximum absolute atomic E-state index is 12.2. The molecule has 5 nitrogen and oxygen atoms in total. The molecule has 3 aromatic rings. The average molecular weight is 267 g/mol. The second kappa shape index (κ2) is 4.70. The van der Waals surface area contributed by atoms with Gasteiger partial charge < -0.3 is 15.0 Å². The Hall–Kier alpha value is -2.82. The van der Waals surface area contributed by atoms with E-state index in [4.69, 9.17) is 0 Å². The van der Waals surface area contributed by atoms with Gasteiger partial charge in [0.15, 0.2) is 0 Å². The van der Waals surface area contributed by atoms with E-state index in [9.17, 15) is 9.90 Å². The summed E-state index contributed by atoms with van der Waals surface area (Å²) in [6.45, 7) is 0. The molecule has 2 N–H and O–H groups in total. The number of rotatable bonds is 2. The summed E-state index contributed by atoms with van der Waals surface area (Å²) in [7, 11) is 1.89. The number of aromatic hydroxyl groups is 1. The number of phenols is 1. The molecule has 3 rings (SSSR count). The Kier molecular flexibility index (Phi) is 2.87. The number of nitrogens with zero attached hydrogens (tertiary/aromatic N) is 2. The number of phenolic OH excluding ortho intramolecular Hbond substituents is 1. The lowest BCUT2D eigenvalue weighted by molar-refractivity contribution is 0.102. The molecule has 0 bridgehead atoms. The minimum atomic E-state index is -0.196. The van der Waals surface area contributed by atoms with Crippen LogP contribution in [0.2, 0.25) is 0 Å². The van der Waals surface area contributed by atoms with Crippen LogP contribution in [0.15, 0.2) is 48.8 Å². The van der Waals surface area contributed by atoms with Crippen molar-refractivity contribution in [2.24, 2.45) is 7.05 Å². The minimum Gasteiger partial charge on any atom is -0.508 e. The van der Waals surface area contributed by atoms with Crippen molar-refractivity contribution in [1.82, 2.24) is 9.55 Å².